The fraction of sp³-hybridized carbons (Fsp3) is 0.500. The molecule has 1 aromatic carbocycles. The average molecular weight is 441 g/mol. The Morgan fingerprint density at radius 2 is 1.84 bits per heavy atom. The van der Waals surface area contributed by atoms with E-state index in [9.17, 15) is 0 Å². The number of ether oxygens (including phenoxy) is 2. The summed E-state index contributed by atoms with van der Waals surface area (Å²) in [4.78, 5) is 6.69. The van der Waals surface area contributed by atoms with Gasteiger partial charge in [0.2, 0.25) is 6.79 Å². The highest BCUT2D eigenvalue weighted by atomic mass is 32.1. The molecule has 0 spiro atoms. The third-order valence-corrected chi connectivity index (χ3v) is 6.07. The highest BCUT2D eigenvalue weighted by Crippen LogP contribution is 2.33. The van der Waals surface area contributed by atoms with E-state index in [1.165, 1.54) is 0 Å². The van der Waals surface area contributed by atoms with Crippen molar-refractivity contribution < 1.29 is 9.47 Å². The quantitative estimate of drug-likeness (QED) is 0.682. The molecule has 2 aliphatic rings. The van der Waals surface area contributed by atoms with Gasteiger partial charge in [-0.05, 0) is 82.6 Å². The highest BCUT2D eigenvalue weighted by molar-refractivity contribution is 7.80. The van der Waals surface area contributed by atoms with Crippen molar-refractivity contribution in [2.45, 2.75) is 70.7 Å². The van der Waals surface area contributed by atoms with Gasteiger partial charge in [-0.25, -0.2) is 0 Å². The predicted octanol–water partition coefficient (Wildman–Crippen LogP) is 4.00. The Labute approximate surface area is 190 Å². The number of aromatic nitrogens is 1. The van der Waals surface area contributed by atoms with Gasteiger partial charge in [0.15, 0.2) is 16.6 Å². The van der Waals surface area contributed by atoms with Crippen LogP contribution in [0.15, 0.2) is 42.6 Å². The molecule has 0 atom stereocenters. The molecule has 1 saturated heterocycles. The van der Waals surface area contributed by atoms with Gasteiger partial charge in [-0.2, -0.15) is 0 Å². The maximum absolute atomic E-state index is 5.91. The zero-order valence-corrected chi connectivity index (χ0v) is 19.6. The van der Waals surface area contributed by atoms with Crippen LogP contribution in [-0.4, -0.2) is 38.9 Å². The number of benzene rings is 1. The summed E-state index contributed by atoms with van der Waals surface area (Å²) in [5, 5.41) is 8.14. The number of rotatable bonds is 5. The predicted molar refractivity (Wildman–Crippen MR) is 126 cm³/mol. The maximum atomic E-state index is 5.91. The van der Waals surface area contributed by atoms with Gasteiger partial charge >= 0.3 is 0 Å². The summed E-state index contributed by atoms with van der Waals surface area (Å²) in [5.41, 5.74) is 2.21. The Kier molecular flexibility index (Phi) is 6.08. The number of fused-ring (bicyclic) bond motifs is 1. The summed E-state index contributed by atoms with van der Waals surface area (Å²) in [6.07, 6.45) is 3.85. The van der Waals surface area contributed by atoms with Crippen molar-refractivity contribution in [2.24, 2.45) is 0 Å². The van der Waals surface area contributed by atoms with Crippen molar-refractivity contribution in [1.82, 2.24) is 20.5 Å². The van der Waals surface area contributed by atoms with Gasteiger partial charge in [0.1, 0.15) is 0 Å². The van der Waals surface area contributed by atoms with E-state index in [1.807, 2.05) is 36.5 Å². The minimum absolute atomic E-state index is 0.0537. The maximum Gasteiger partial charge on any atom is 0.231 e. The van der Waals surface area contributed by atoms with Crippen LogP contribution >= 0.6 is 12.2 Å². The van der Waals surface area contributed by atoms with Crippen LogP contribution in [0.3, 0.4) is 0 Å². The third-order valence-electron chi connectivity index (χ3n) is 5.69. The van der Waals surface area contributed by atoms with E-state index in [1.54, 1.807) is 0 Å². The Morgan fingerprint density at radius 3 is 2.55 bits per heavy atom. The summed E-state index contributed by atoms with van der Waals surface area (Å²) in [6.45, 7) is 10.6. The molecule has 4 rings (SSSR count). The van der Waals surface area contributed by atoms with Crippen molar-refractivity contribution in [3.05, 3.63) is 53.9 Å². The Balaban J connectivity index is 1.51. The second kappa shape index (κ2) is 8.63. The van der Waals surface area contributed by atoms with Crippen LogP contribution in [0.1, 0.15) is 51.8 Å². The lowest BCUT2D eigenvalue weighted by Crippen LogP contribution is -2.62. The topological polar surface area (TPSA) is 58.7 Å². The molecule has 6 nitrogen and oxygen atoms in total. The molecule has 2 N–H and O–H groups in total. The molecule has 0 unspecified atom stereocenters. The van der Waals surface area contributed by atoms with Gasteiger partial charge in [0.05, 0.1) is 12.2 Å². The van der Waals surface area contributed by atoms with Gasteiger partial charge < -0.3 is 25.0 Å². The van der Waals surface area contributed by atoms with E-state index in [0.29, 0.717) is 19.1 Å². The van der Waals surface area contributed by atoms with Gasteiger partial charge in [-0.3, -0.25) is 4.98 Å². The number of nitrogens with zero attached hydrogens (tertiary/aromatic N) is 2. The fourth-order valence-electron chi connectivity index (χ4n) is 4.84. The lowest BCUT2D eigenvalue weighted by Gasteiger charge is -2.47. The van der Waals surface area contributed by atoms with E-state index in [0.717, 1.165) is 40.7 Å². The van der Waals surface area contributed by atoms with Crippen molar-refractivity contribution >= 4 is 17.3 Å². The van der Waals surface area contributed by atoms with Crippen molar-refractivity contribution in [1.29, 1.82) is 0 Å². The smallest absolute Gasteiger partial charge is 0.231 e. The van der Waals surface area contributed by atoms with E-state index in [2.05, 4.69) is 54.3 Å². The minimum Gasteiger partial charge on any atom is -0.454 e. The molecule has 0 bridgehead atoms. The molecule has 0 radical (unpaired) electrons. The second-order valence-electron chi connectivity index (χ2n) is 9.81. The molecule has 2 aliphatic heterocycles. The number of nitrogens with one attached hydrogen (secondary N) is 2. The van der Waals surface area contributed by atoms with E-state index >= 15 is 0 Å². The molecule has 7 heteroatoms. The van der Waals surface area contributed by atoms with Crippen LogP contribution in [0.5, 0.6) is 11.5 Å². The van der Waals surface area contributed by atoms with Crippen LogP contribution in [0, 0.1) is 0 Å². The minimum atomic E-state index is 0.0537. The summed E-state index contributed by atoms with van der Waals surface area (Å²) >= 11 is 5.91. The number of piperidine rings is 1. The molecule has 0 saturated carbocycles. The number of hydrogen-bond donors (Lipinski definition) is 2. The number of pyridine rings is 1. The Morgan fingerprint density at radius 1 is 1.10 bits per heavy atom. The monoisotopic (exact) mass is 440 g/mol. The normalized spacial score (nSPS) is 19.1. The van der Waals surface area contributed by atoms with Gasteiger partial charge in [-0.15, -0.1) is 0 Å². The zero-order chi connectivity index (χ0) is 22.1. The summed E-state index contributed by atoms with van der Waals surface area (Å²) in [6, 6.07) is 12.3. The van der Waals surface area contributed by atoms with Crippen LogP contribution in [-0.2, 0) is 13.1 Å². The molecular formula is C24H32N4O2S. The molecule has 1 aromatic heterocycles. The molecule has 2 aromatic rings. The second-order valence-corrected chi connectivity index (χ2v) is 10.2. The van der Waals surface area contributed by atoms with E-state index in [-0.39, 0.29) is 17.9 Å². The number of thiocarbonyl (C=S) groups is 1. The van der Waals surface area contributed by atoms with Gasteiger partial charge in [0.25, 0.3) is 0 Å². The Hall–Kier alpha value is -2.38. The molecular weight excluding hydrogens is 408 g/mol. The molecule has 0 amide bonds. The van der Waals surface area contributed by atoms with Crippen LogP contribution in [0.25, 0.3) is 0 Å². The molecule has 0 aliphatic carbocycles. The SMILES string of the molecule is CC1(C)CC(NC(=S)N(Cc2ccc3c(c2)OCO3)Cc2ccccn2)CC(C)(C)N1. The Bertz CT molecular complexity index is 916. The zero-order valence-electron chi connectivity index (χ0n) is 18.8. The van der Waals surface area contributed by atoms with Crippen LogP contribution in [0.4, 0.5) is 0 Å². The van der Waals surface area contributed by atoms with E-state index < -0.39 is 0 Å². The fourth-order valence-corrected chi connectivity index (χ4v) is 5.13. The lowest BCUT2D eigenvalue weighted by molar-refractivity contribution is 0.153. The first-order chi connectivity index (χ1) is 14.7. The average Bonchev–Trinajstić information content (AvgIpc) is 3.13. The molecule has 1 fully saturated rings. The first-order valence-corrected chi connectivity index (χ1v) is 11.2. The summed E-state index contributed by atoms with van der Waals surface area (Å²) in [5.74, 6) is 1.58. The summed E-state index contributed by atoms with van der Waals surface area (Å²) in [7, 11) is 0. The van der Waals surface area contributed by atoms with Crippen molar-refractivity contribution in [2.75, 3.05) is 6.79 Å². The van der Waals surface area contributed by atoms with Gasteiger partial charge in [-0.1, -0.05) is 12.1 Å². The first-order valence-electron chi connectivity index (χ1n) is 10.8. The molecule has 31 heavy (non-hydrogen) atoms. The number of hydrogen-bond acceptors (Lipinski definition) is 5. The van der Waals surface area contributed by atoms with Crippen LogP contribution < -0.4 is 20.1 Å². The highest BCUT2D eigenvalue weighted by Gasteiger charge is 2.38. The standard InChI is InChI=1S/C24H32N4O2S/c1-23(2)12-19(13-24(3,4)27-23)26-22(31)28(15-18-7-5-6-10-25-18)14-17-8-9-20-21(11-17)30-16-29-20/h5-11,19,27H,12-16H2,1-4H3,(H,26,31). The van der Waals surface area contributed by atoms with Gasteiger partial charge in [0, 0.05) is 29.9 Å². The van der Waals surface area contributed by atoms with Crippen molar-refractivity contribution in [3.8, 4) is 11.5 Å². The summed E-state index contributed by atoms with van der Waals surface area (Å²) < 4.78 is 11.0. The third kappa shape index (κ3) is 5.66. The van der Waals surface area contributed by atoms with Crippen molar-refractivity contribution in [3.63, 3.8) is 0 Å². The van der Waals surface area contributed by atoms with E-state index in [4.69, 9.17) is 21.7 Å². The largest absolute Gasteiger partial charge is 0.454 e. The first kappa shape index (κ1) is 21.8. The molecule has 3 heterocycles. The van der Waals surface area contributed by atoms with Crippen LogP contribution in [0.2, 0.25) is 0 Å². The lowest BCUT2D eigenvalue weighted by atomic mass is 9.80. The molecule has 166 valence electrons.